The van der Waals surface area contributed by atoms with Gasteiger partial charge in [0.25, 0.3) is 0 Å². The van der Waals surface area contributed by atoms with Gasteiger partial charge >= 0.3 is 0 Å². The lowest BCUT2D eigenvalue weighted by molar-refractivity contribution is -0.00442. The maximum absolute atomic E-state index is 13.8. The lowest BCUT2D eigenvalue weighted by Crippen LogP contribution is -2.46. The van der Waals surface area contributed by atoms with Crippen LogP contribution in [0.3, 0.4) is 0 Å². The van der Waals surface area contributed by atoms with Crippen LogP contribution in [0.1, 0.15) is 51.6 Å². The maximum atomic E-state index is 13.8. The van der Waals surface area contributed by atoms with Crippen LogP contribution in [0.25, 0.3) is 0 Å². The van der Waals surface area contributed by atoms with Gasteiger partial charge < -0.3 is 5.11 Å². The molecule has 0 aliphatic heterocycles. The highest BCUT2D eigenvalue weighted by atomic mass is 19.1. The molecule has 0 radical (unpaired) electrons. The Morgan fingerprint density at radius 2 is 1.00 bits per heavy atom. The lowest BCUT2D eigenvalue weighted by Gasteiger charge is -2.51. The molecule has 3 heteroatoms. The third kappa shape index (κ3) is 2.71. The number of rotatable bonds is 3. The molecule has 7 rings (SSSR count). The van der Waals surface area contributed by atoms with E-state index in [-0.39, 0.29) is 29.4 Å². The van der Waals surface area contributed by atoms with Crippen molar-refractivity contribution in [3.63, 3.8) is 0 Å². The summed E-state index contributed by atoms with van der Waals surface area (Å²) in [5.41, 5.74) is 4.94. The first kappa shape index (κ1) is 19.4. The van der Waals surface area contributed by atoms with Crippen LogP contribution in [-0.4, -0.2) is 5.11 Å². The largest absolute Gasteiger partial charge is 0.380 e. The summed E-state index contributed by atoms with van der Waals surface area (Å²) in [4.78, 5) is 0. The smallest absolute Gasteiger partial charge is 0.123 e. The van der Waals surface area contributed by atoms with Crippen LogP contribution >= 0.6 is 0 Å². The van der Waals surface area contributed by atoms with Crippen molar-refractivity contribution in [2.45, 2.75) is 23.9 Å². The number of hydrogen-bond acceptors (Lipinski definition) is 1. The van der Waals surface area contributed by atoms with Crippen molar-refractivity contribution < 1.29 is 13.9 Å². The van der Waals surface area contributed by atoms with E-state index >= 15 is 0 Å². The molecule has 1 atom stereocenters. The average molecular weight is 424 g/mol. The fourth-order valence-electron chi connectivity index (χ4n) is 6.05. The van der Waals surface area contributed by atoms with E-state index < -0.39 is 5.60 Å². The average Bonchev–Trinajstić information content (AvgIpc) is 2.84. The van der Waals surface area contributed by atoms with Crippen LogP contribution in [-0.2, 0) is 5.60 Å². The third-order valence-corrected chi connectivity index (χ3v) is 7.41. The van der Waals surface area contributed by atoms with Gasteiger partial charge in [-0.1, -0.05) is 72.8 Å². The molecule has 1 unspecified atom stereocenters. The number of halogens is 2. The van der Waals surface area contributed by atoms with E-state index in [0.29, 0.717) is 11.1 Å². The van der Waals surface area contributed by atoms with Crippen molar-refractivity contribution in [1.29, 1.82) is 0 Å². The molecule has 0 fully saturated rings. The zero-order valence-corrected chi connectivity index (χ0v) is 17.4. The SMILES string of the molecule is OC(c1ccc(F)cc1)(c1ccc(F)cc1)C1CC2c3ccccc3C1c1ccccc12. The number of benzene rings is 4. The molecule has 0 heterocycles. The summed E-state index contributed by atoms with van der Waals surface area (Å²) >= 11 is 0. The summed E-state index contributed by atoms with van der Waals surface area (Å²) in [5.74, 6) is -0.738. The Labute approximate surface area is 186 Å². The summed E-state index contributed by atoms with van der Waals surface area (Å²) in [6, 6.07) is 29.1. The summed E-state index contributed by atoms with van der Waals surface area (Å²) < 4.78 is 27.6. The highest BCUT2D eigenvalue weighted by molar-refractivity contribution is 5.57. The van der Waals surface area contributed by atoms with Gasteiger partial charge in [0.05, 0.1) is 0 Å². The molecule has 158 valence electrons. The first-order chi connectivity index (χ1) is 15.6. The minimum atomic E-state index is -1.40. The highest BCUT2D eigenvalue weighted by Gasteiger charge is 2.52. The second kappa shape index (κ2) is 7.11. The standard InChI is InChI=1S/C29H22F2O/c30-20-13-9-18(10-14-20)29(32,19-11-15-21(31)16-12-19)27-17-26-22-5-1-3-7-24(22)28(27)25-8-4-2-6-23(25)26/h1-16,26-28,32H,17H2. The van der Waals surface area contributed by atoms with Crippen molar-refractivity contribution in [2.24, 2.45) is 5.92 Å². The van der Waals surface area contributed by atoms with Crippen LogP contribution in [0.2, 0.25) is 0 Å². The Morgan fingerprint density at radius 3 is 1.44 bits per heavy atom. The maximum Gasteiger partial charge on any atom is 0.123 e. The van der Waals surface area contributed by atoms with Crippen LogP contribution < -0.4 is 0 Å². The van der Waals surface area contributed by atoms with Crippen LogP contribution in [0.15, 0.2) is 97.1 Å². The van der Waals surface area contributed by atoms with Crippen LogP contribution in [0.5, 0.6) is 0 Å². The van der Waals surface area contributed by atoms with Crippen molar-refractivity contribution in [3.05, 3.63) is 142 Å². The van der Waals surface area contributed by atoms with E-state index in [4.69, 9.17) is 0 Å². The Bertz CT molecular complexity index is 1200. The molecule has 2 bridgehead atoms. The van der Waals surface area contributed by atoms with Crippen LogP contribution in [0, 0.1) is 17.6 Å². The van der Waals surface area contributed by atoms with E-state index in [2.05, 4.69) is 36.4 Å². The van der Waals surface area contributed by atoms with E-state index in [1.54, 1.807) is 24.3 Å². The van der Waals surface area contributed by atoms with Crippen LogP contribution in [0.4, 0.5) is 8.78 Å². The molecule has 1 N–H and O–H groups in total. The van der Waals surface area contributed by atoms with Crippen molar-refractivity contribution >= 4 is 0 Å². The molecule has 0 saturated carbocycles. The normalized spacial score (nSPS) is 21.2. The van der Waals surface area contributed by atoms with Gasteiger partial charge in [0.1, 0.15) is 17.2 Å². The second-order valence-electron chi connectivity index (χ2n) is 8.91. The summed E-state index contributed by atoms with van der Waals surface area (Å²) in [5, 5.41) is 12.5. The first-order valence-corrected chi connectivity index (χ1v) is 11.0. The molecule has 0 spiro atoms. The van der Waals surface area contributed by atoms with E-state index in [0.717, 1.165) is 6.42 Å². The number of aliphatic hydroxyl groups is 1. The van der Waals surface area contributed by atoms with Gasteiger partial charge in [-0.15, -0.1) is 0 Å². The monoisotopic (exact) mass is 424 g/mol. The molecule has 4 aromatic rings. The number of fused-ring (bicyclic) bond motifs is 1. The lowest BCUT2D eigenvalue weighted by atomic mass is 9.53. The fraction of sp³-hybridized carbons (Fsp3) is 0.172. The van der Waals surface area contributed by atoms with Crippen molar-refractivity contribution in [2.75, 3.05) is 0 Å². The predicted molar refractivity (Wildman–Crippen MR) is 120 cm³/mol. The molecule has 1 nitrogen and oxygen atoms in total. The molecule has 0 aromatic heterocycles. The summed E-state index contributed by atoms with van der Waals surface area (Å²) in [6.45, 7) is 0. The molecule has 32 heavy (non-hydrogen) atoms. The highest BCUT2D eigenvalue weighted by Crippen LogP contribution is 2.60. The van der Waals surface area contributed by atoms with Crippen molar-refractivity contribution in [3.8, 4) is 0 Å². The predicted octanol–water partition coefficient (Wildman–Crippen LogP) is 6.50. The topological polar surface area (TPSA) is 20.2 Å². The fourth-order valence-corrected chi connectivity index (χ4v) is 6.05. The molecule has 0 saturated heterocycles. The second-order valence-corrected chi connectivity index (χ2v) is 8.91. The van der Waals surface area contributed by atoms with Gasteiger partial charge in [-0.3, -0.25) is 0 Å². The van der Waals surface area contributed by atoms with Gasteiger partial charge in [0.15, 0.2) is 0 Å². The van der Waals surface area contributed by atoms with Gasteiger partial charge in [-0.25, -0.2) is 8.78 Å². The van der Waals surface area contributed by atoms with Gasteiger partial charge in [0, 0.05) is 17.8 Å². The minimum Gasteiger partial charge on any atom is -0.380 e. The Balaban J connectivity index is 1.60. The zero-order chi connectivity index (χ0) is 21.9. The molecular weight excluding hydrogens is 402 g/mol. The Morgan fingerprint density at radius 1 is 0.594 bits per heavy atom. The van der Waals surface area contributed by atoms with Gasteiger partial charge in [-0.05, 0) is 64.1 Å². The molecule has 3 aliphatic carbocycles. The summed E-state index contributed by atoms with van der Waals surface area (Å²) in [6.07, 6.45) is 0.754. The zero-order valence-electron chi connectivity index (χ0n) is 17.4. The van der Waals surface area contributed by atoms with E-state index in [1.165, 1.54) is 46.5 Å². The molecule has 4 aromatic carbocycles. The Hall–Kier alpha value is -3.30. The first-order valence-electron chi connectivity index (χ1n) is 11.0. The molecule has 3 aliphatic rings. The van der Waals surface area contributed by atoms with Gasteiger partial charge in [0.2, 0.25) is 0 Å². The quantitative estimate of drug-likeness (QED) is 0.398. The van der Waals surface area contributed by atoms with Gasteiger partial charge in [-0.2, -0.15) is 0 Å². The van der Waals surface area contributed by atoms with Crippen molar-refractivity contribution in [1.82, 2.24) is 0 Å². The Kier molecular flexibility index (Phi) is 4.31. The van der Waals surface area contributed by atoms with E-state index in [1.807, 2.05) is 12.1 Å². The van der Waals surface area contributed by atoms with E-state index in [9.17, 15) is 13.9 Å². The summed E-state index contributed by atoms with van der Waals surface area (Å²) in [7, 11) is 0. The third-order valence-electron chi connectivity index (χ3n) is 7.41. The molecular formula is C29H22F2O. The minimum absolute atomic E-state index is 0.0208. The molecule has 0 amide bonds. The number of hydrogen-bond donors (Lipinski definition) is 1.